The van der Waals surface area contributed by atoms with Crippen molar-refractivity contribution < 1.29 is 14.4 Å². The van der Waals surface area contributed by atoms with Crippen molar-refractivity contribution in [2.75, 3.05) is 5.32 Å². The summed E-state index contributed by atoms with van der Waals surface area (Å²) in [7, 11) is 0. The topological polar surface area (TPSA) is 130 Å². The van der Waals surface area contributed by atoms with E-state index in [0.717, 1.165) is 10.2 Å². The van der Waals surface area contributed by atoms with Crippen molar-refractivity contribution in [1.82, 2.24) is 15.1 Å². The number of nitrogens with zero attached hydrogens (tertiary/aromatic N) is 1. The molecule has 0 radical (unpaired) electrons. The smallest absolute Gasteiger partial charge is 0.273 e. The second kappa shape index (κ2) is 8.85. The number of aromatic nitrogens is 2. The molecule has 0 saturated carbocycles. The van der Waals surface area contributed by atoms with Crippen LogP contribution in [0.3, 0.4) is 0 Å². The summed E-state index contributed by atoms with van der Waals surface area (Å²) >= 11 is 0. The Morgan fingerprint density at radius 2 is 1.73 bits per heavy atom. The highest BCUT2D eigenvalue weighted by Crippen LogP contribution is 2.36. The first-order valence-corrected chi connectivity index (χ1v) is 10.8. The fourth-order valence-electron chi connectivity index (χ4n) is 4.28. The lowest BCUT2D eigenvalue weighted by Gasteiger charge is -2.35. The molecule has 1 aromatic heterocycles. The maximum absolute atomic E-state index is 12.6. The van der Waals surface area contributed by atoms with Crippen molar-refractivity contribution in [2.45, 2.75) is 44.6 Å². The Kier molecular flexibility index (Phi) is 5.95. The number of piperidine rings is 1. The van der Waals surface area contributed by atoms with Gasteiger partial charge in [-0.15, -0.1) is 0 Å². The van der Waals surface area contributed by atoms with Crippen LogP contribution in [0.1, 0.15) is 38.2 Å². The minimum absolute atomic E-state index is 0.0145. The van der Waals surface area contributed by atoms with Crippen molar-refractivity contribution in [3.05, 3.63) is 74.8 Å². The van der Waals surface area contributed by atoms with E-state index in [-0.39, 0.29) is 48.2 Å². The molecule has 3 aromatic rings. The minimum Gasteiger partial charge on any atom is -0.326 e. The van der Waals surface area contributed by atoms with Gasteiger partial charge in [0.1, 0.15) is 0 Å². The number of hydrogen-bond acceptors (Lipinski definition) is 5. The van der Waals surface area contributed by atoms with E-state index in [1.165, 1.54) is 0 Å². The molecule has 0 bridgehead atoms. The number of carbonyl (C=O) groups excluding carboxylic acids is 3. The second-order valence-corrected chi connectivity index (χ2v) is 8.13. The SMILES string of the molecule is CCC1(c2ccc(NC(=O)CCn3[nH]c(=O)c4ccccc4c3=O)cc2)CCC(=O)NC1=O. The molecule has 2 aromatic carbocycles. The highest BCUT2D eigenvalue weighted by atomic mass is 16.2. The summed E-state index contributed by atoms with van der Waals surface area (Å²) in [4.78, 5) is 61.2. The molecule has 1 atom stereocenters. The van der Waals surface area contributed by atoms with Gasteiger partial charge in [-0.1, -0.05) is 31.2 Å². The number of rotatable bonds is 6. The zero-order valence-corrected chi connectivity index (χ0v) is 18.1. The van der Waals surface area contributed by atoms with Gasteiger partial charge in [0.25, 0.3) is 11.1 Å². The molecule has 1 fully saturated rings. The molecule has 1 aliphatic rings. The van der Waals surface area contributed by atoms with Gasteiger partial charge in [-0.25, -0.2) is 4.68 Å². The molecular weight excluding hydrogens is 424 g/mol. The number of nitrogens with one attached hydrogen (secondary N) is 3. The highest BCUT2D eigenvalue weighted by molar-refractivity contribution is 6.03. The molecule has 170 valence electrons. The Morgan fingerprint density at radius 3 is 2.39 bits per heavy atom. The van der Waals surface area contributed by atoms with Gasteiger partial charge in [0.05, 0.1) is 22.7 Å². The normalized spacial score (nSPS) is 18.2. The van der Waals surface area contributed by atoms with Crippen LogP contribution in [0, 0.1) is 0 Å². The molecule has 33 heavy (non-hydrogen) atoms. The van der Waals surface area contributed by atoms with E-state index in [9.17, 15) is 24.0 Å². The average molecular weight is 448 g/mol. The molecule has 4 rings (SSSR count). The van der Waals surface area contributed by atoms with Crippen LogP contribution in [-0.4, -0.2) is 27.5 Å². The Hall–Kier alpha value is -4.01. The number of aromatic amines is 1. The number of hydrogen-bond donors (Lipinski definition) is 3. The maximum atomic E-state index is 12.6. The monoisotopic (exact) mass is 448 g/mol. The summed E-state index contributed by atoms with van der Waals surface area (Å²) in [5.41, 5.74) is -0.189. The summed E-state index contributed by atoms with van der Waals surface area (Å²) in [5.74, 6) is -0.887. The van der Waals surface area contributed by atoms with Crippen LogP contribution >= 0.6 is 0 Å². The summed E-state index contributed by atoms with van der Waals surface area (Å²) < 4.78 is 1.14. The summed E-state index contributed by atoms with van der Waals surface area (Å²) in [5, 5.41) is 8.30. The average Bonchev–Trinajstić information content (AvgIpc) is 2.82. The van der Waals surface area contributed by atoms with Crippen molar-refractivity contribution in [3.63, 3.8) is 0 Å². The van der Waals surface area contributed by atoms with Crippen LogP contribution < -0.4 is 21.8 Å². The second-order valence-electron chi connectivity index (χ2n) is 8.13. The van der Waals surface area contributed by atoms with Gasteiger partial charge >= 0.3 is 0 Å². The van der Waals surface area contributed by atoms with Crippen molar-refractivity contribution in [2.24, 2.45) is 0 Å². The summed E-state index contributed by atoms with van der Waals surface area (Å²) in [6.45, 7) is 1.93. The fourth-order valence-corrected chi connectivity index (χ4v) is 4.28. The number of benzene rings is 2. The molecule has 0 spiro atoms. The van der Waals surface area contributed by atoms with E-state index >= 15 is 0 Å². The number of carbonyl (C=O) groups is 3. The van der Waals surface area contributed by atoms with E-state index in [2.05, 4.69) is 15.7 Å². The van der Waals surface area contributed by atoms with Crippen molar-refractivity contribution in [3.8, 4) is 0 Å². The molecular formula is C24H24N4O5. The van der Waals surface area contributed by atoms with Crippen molar-refractivity contribution >= 4 is 34.2 Å². The Bertz CT molecular complexity index is 1360. The maximum Gasteiger partial charge on any atom is 0.273 e. The van der Waals surface area contributed by atoms with Crippen LogP contribution in [-0.2, 0) is 26.3 Å². The van der Waals surface area contributed by atoms with Crippen LogP contribution in [0.15, 0.2) is 58.1 Å². The van der Waals surface area contributed by atoms with Gasteiger partial charge in [-0.05, 0) is 42.7 Å². The van der Waals surface area contributed by atoms with Crippen LogP contribution in [0.5, 0.6) is 0 Å². The molecule has 2 heterocycles. The largest absolute Gasteiger partial charge is 0.326 e. The first-order chi connectivity index (χ1) is 15.8. The quantitative estimate of drug-likeness (QED) is 0.495. The summed E-state index contributed by atoms with van der Waals surface area (Å²) in [6.07, 6.45) is 1.27. The number of fused-ring (bicyclic) bond motifs is 1. The van der Waals surface area contributed by atoms with Crippen LogP contribution in [0.25, 0.3) is 10.8 Å². The lowest BCUT2D eigenvalue weighted by molar-refractivity contribution is -0.138. The van der Waals surface area contributed by atoms with Gasteiger partial charge in [0.2, 0.25) is 17.7 Å². The molecule has 9 heteroatoms. The minimum atomic E-state index is -0.764. The standard InChI is InChI=1S/C24H24N4O5/c1-2-24(13-11-19(29)26-23(24)33)15-7-9-16(10-8-15)25-20(30)12-14-28-22(32)18-6-4-3-5-17(18)21(31)27-28/h3-10H,2,11-14H2,1H3,(H,25,30)(H,27,31)(H,26,29,33). The molecule has 1 unspecified atom stereocenters. The molecule has 3 amide bonds. The number of anilines is 1. The zero-order valence-electron chi connectivity index (χ0n) is 18.1. The Balaban J connectivity index is 1.44. The zero-order chi connectivity index (χ0) is 23.6. The molecule has 0 aliphatic carbocycles. The lowest BCUT2D eigenvalue weighted by Crippen LogP contribution is -2.51. The van der Waals surface area contributed by atoms with Gasteiger partial charge in [0, 0.05) is 18.5 Å². The van der Waals surface area contributed by atoms with E-state index in [4.69, 9.17) is 0 Å². The van der Waals surface area contributed by atoms with E-state index < -0.39 is 5.41 Å². The molecule has 9 nitrogen and oxygen atoms in total. The van der Waals surface area contributed by atoms with E-state index in [0.29, 0.717) is 29.3 Å². The van der Waals surface area contributed by atoms with Crippen LogP contribution in [0.2, 0.25) is 0 Å². The predicted octanol–water partition coefficient (Wildman–Crippen LogP) is 1.80. The van der Waals surface area contributed by atoms with E-state index in [1.54, 1.807) is 48.5 Å². The number of H-pyrrole nitrogens is 1. The van der Waals surface area contributed by atoms with Crippen LogP contribution in [0.4, 0.5) is 5.69 Å². The summed E-state index contributed by atoms with van der Waals surface area (Å²) in [6, 6.07) is 13.5. The number of amides is 3. The first-order valence-electron chi connectivity index (χ1n) is 10.8. The third-order valence-electron chi connectivity index (χ3n) is 6.24. The molecule has 1 saturated heterocycles. The number of aryl methyl sites for hydroxylation is 1. The highest BCUT2D eigenvalue weighted by Gasteiger charge is 2.42. The molecule has 1 aliphatic heterocycles. The first kappa shape index (κ1) is 22.2. The Labute approximate surface area is 188 Å². The molecule has 3 N–H and O–H groups in total. The van der Waals surface area contributed by atoms with Crippen molar-refractivity contribution in [1.29, 1.82) is 0 Å². The third-order valence-corrected chi connectivity index (χ3v) is 6.24. The predicted molar refractivity (Wildman–Crippen MR) is 123 cm³/mol. The van der Waals surface area contributed by atoms with Gasteiger partial charge in [-0.2, -0.15) is 0 Å². The Morgan fingerprint density at radius 1 is 1.03 bits per heavy atom. The fraction of sp³-hybridized carbons (Fsp3) is 0.292. The number of imide groups is 1. The lowest BCUT2D eigenvalue weighted by atomic mass is 9.72. The van der Waals surface area contributed by atoms with E-state index in [1.807, 2.05) is 6.92 Å². The van der Waals surface area contributed by atoms with Gasteiger partial charge in [-0.3, -0.25) is 34.4 Å². The third kappa shape index (κ3) is 4.21. The van der Waals surface area contributed by atoms with Gasteiger partial charge in [0.15, 0.2) is 0 Å². The van der Waals surface area contributed by atoms with Gasteiger partial charge < -0.3 is 5.32 Å².